The third-order valence-electron chi connectivity index (χ3n) is 0.673. The number of hydrogen-bond acceptors (Lipinski definition) is 3. The van der Waals surface area contributed by atoms with E-state index >= 15 is 0 Å². The number of rotatable bonds is 2. The summed E-state index contributed by atoms with van der Waals surface area (Å²) in [7, 11) is 0. The first-order valence-electron chi connectivity index (χ1n) is 2.03. The molecule has 3 nitrogen and oxygen atoms in total. The molecule has 3 heteroatoms. The summed E-state index contributed by atoms with van der Waals surface area (Å²) in [6, 6.07) is 0. The molecule has 0 aromatic carbocycles. The van der Waals surface area contributed by atoms with Crippen LogP contribution in [0, 0.1) is 0 Å². The van der Waals surface area contributed by atoms with Crippen LogP contribution in [-0.2, 0) is 9.59 Å². The van der Waals surface area contributed by atoms with E-state index in [1.807, 2.05) is 0 Å². The molecule has 0 fully saturated rings. The molecule has 1 N–H and O–H groups in total. The predicted molar refractivity (Wildman–Crippen MR) is 27.5 cm³/mol. The van der Waals surface area contributed by atoms with Gasteiger partial charge in [-0.3, -0.25) is 9.59 Å². The number of carbonyl (C=O) groups is 2. The summed E-state index contributed by atoms with van der Waals surface area (Å²) in [5.74, 6) is -0.428. The van der Waals surface area contributed by atoms with Crippen molar-refractivity contribution in [3.05, 3.63) is 11.8 Å². The van der Waals surface area contributed by atoms with Crippen LogP contribution in [0.4, 0.5) is 0 Å². The molecule has 8 heavy (non-hydrogen) atoms. The monoisotopic (exact) mass is 114 g/mol. The highest BCUT2D eigenvalue weighted by molar-refractivity contribution is 6.10. The van der Waals surface area contributed by atoms with Crippen LogP contribution in [0.2, 0.25) is 0 Å². The zero-order valence-electron chi connectivity index (χ0n) is 4.42. The topological polar surface area (TPSA) is 54.4 Å². The van der Waals surface area contributed by atoms with Crippen LogP contribution in [0.1, 0.15) is 6.92 Å². The van der Waals surface area contributed by atoms with Crippen molar-refractivity contribution >= 4 is 12.1 Å². The maximum atomic E-state index is 10.1. The van der Waals surface area contributed by atoms with Gasteiger partial charge in [0.05, 0.1) is 11.8 Å². The van der Waals surface area contributed by atoms with Crippen LogP contribution in [0.5, 0.6) is 0 Å². The van der Waals surface area contributed by atoms with Gasteiger partial charge in [-0.25, -0.2) is 0 Å². The Morgan fingerprint density at radius 1 is 1.62 bits per heavy atom. The Kier molecular flexibility index (Phi) is 2.54. The second kappa shape index (κ2) is 2.96. The molecule has 0 saturated carbocycles. The SMILES string of the molecule is CC(=O)/C(C=O)=C/O. The van der Waals surface area contributed by atoms with E-state index < -0.39 is 5.78 Å². The van der Waals surface area contributed by atoms with Crippen LogP contribution < -0.4 is 0 Å². The van der Waals surface area contributed by atoms with E-state index in [1.54, 1.807) is 0 Å². The smallest absolute Gasteiger partial charge is 0.166 e. The minimum absolute atomic E-state index is 0.204. The Morgan fingerprint density at radius 3 is 2.12 bits per heavy atom. The fraction of sp³-hybridized carbons (Fsp3) is 0.200. The van der Waals surface area contributed by atoms with Crippen LogP contribution >= 0.6 is 0 Å². The molecule has 0 unspecified atom stereocenters. The lowest BCUT2D eigenvalue weighted by Gasteiger charge is -1.83. The lowest BCUT2D eigenvalue weighted by Crippen LogP contribution is -1.96. The molecule has 0 aromatic rings. The van der Waals surface area contributed by atoms with Gasteiger partial charge in [0.25, 0.3) is 0 Å². The minimum Gasteiger partial charge on any atom is -0.515 e. The Labute approximate surface area is 46.6 Å². The van der Waals surface area contributed by atoms with Gasteiger partial charge in [0, 0.05) is 0 Å². The van der Waals surface area contributed by atoms with Crippen LogP contribution in [-0.4, -0.2) is 17.2 Å². The molecule has 0 aliphatic heterocycles. The number of aliphatic hydroxyl groups excluding tert-OH is 1. The summed E-state index contributed by atoms with van der Waals surface area (Å²) in [6.07, 6.45) is 0.803. The van der Waals surface area contributed by atoms with Gasteiger partial charge in [-0.1, -0.05) is 0 Å². The molecule has 0 aliphatic rings. The van der Waals surface area contributed by atoms with E-state index in [2.05, 4.69) is 0 Å². The molecule has 0 bridgehead atoms. The normalized spacial score (nSPS) is 10.9. The first-order chi connectivity index (χ1) is 3.72. The highest BCUT2D eigenvalue weighted by Crippen LogP contribution is 1.86. The van der Waals surface area contributed by atoms with Gasteiger partial charge in [-0.2, -0.15) is 0 Å². The molecular formula is C5H6O3. The van der Waals surface area contributed by atoms with Gasteiger partial charge in [0.2, 0.25) is 0 Å². The molecule has 44 valence electrons. The Hall–Kier alpha value is -1.12. The van der Waals surface area contributed by atoms with Crippen LogP contribution in [0.15, 0.2) is 11.8 Å². The zero-order chi connectivity index (χ0) is 6.57. The fourth-order valence-electron chi connectivity index (χ4n) is 0.204. The number of aldehydes is 1. The summed E-state index contributed by atoms with van der Waals surface area (Å²) in [4.78, 5) is 19.9. The Morgan fingerprint density at radius 2 is 2.12 bits per heavy atom. The largest absolute Gasteiger partial charge is 0.515 e. The van der Waals surface area contributed by atoms with Crippen molar-refractivity contribution in [1.29, 1.82) is 0 Å². The molecule has 0 atom stereocenters. The fourth-order valence-corrected chi connectivity index (χ4v) is 0.204. The van der Waals surface area contributed by atoms with E-state index in [4.69, 9.17) is 5.11 Å². The van der Waals surface area contributed by atoms with Crippen molar-refractivity contribution in [2.24, 2.45) is 0 Å². The van der Waals surface area contributed by atoms with E-state index in [-0.39, 0.29) is 5.57 Å². The summed E-state index contributed by atoms with van der Waals surface area (Å²) >= 11 is 0. The number of carbonyl (C=O) groups excluding carboxylic acids is 2. The first-order valence-corrected chi connectivity index (χ1v) is 2.03. The van der Waals surface area contributed by atoms with E-state index in [9.17, 15) is 9.59 Å². The zero-order valence-corrected chi connectivity index (χ0v) is 4.42. The minimum atomic E-state index is -0.428. The van der Waals surface area contributed by atoms with Gasteiger partial charge in [0.15, 0.2) is 12.1 Å². The van der Waals surface area contributed by atoms with E-state index in [0.717, 1.165) is 0 Å². The second-order valence-corrected chi connectivity index (χ2v) is 1.26. The van der Waals surface area contributed by atoms with Crippen LogP contribution in [0.3, 0.4) is 0 Å². The second-order valence-electron chi connectivity index (χ2n) is 1.26. The van der Waals surface area contributed by atoms with E-state index in [1.165, 1.54) is 6.92 Å². The molecule has 0 rings (SSSR count). The average molecular weight is 114 g/mol. The average Bonchev–Trinajstić information content (AvgIpc) is 1.69. The molecule has 0 heterocycles. The van der Waals surface area contributed by atoms with Crippen molar-refractivity contribution in [3.63, 3.8) is 0 Å². The summed E-state index contributed by atoms with van der Waals surface area (Å²) in [5, 5.41) is 8.08. The third-order valence-corrected chi connectivity index (χ3v) is 0.673. The number of allylic oxidation sites excluding steroid dienone is 1. The Bertz CT molecular complexity index is 135. The number of Topliss-reactive ketones (excluding diaryl/α,β-unsaturated/α-hetero) is 1. The van der Waals surface area contributed by atoms with Crippen molar-refractivity contribution in [2.75, 3.05) is 0 Å². The number of aliphatic hydroxyl groups is 1. The van der Waals surface area contributed by atoms with Gasteiger partial charge in [0.1, 0.15) is 0 Å². The lowest BCUT2D eigenvalue weighted by molar-refractivity contribution is -0.116. The number of hydrogen-bond donors (Lipinski definition) is 1. The number of ketones is 1. The molecule has 0 aromatic heterocycles. The molecule has 0 amide bonds. The molecular weight excluding hydrogens is 108 g/mol. The van der Waals surface area contributed by atoms with Gasteiger partial charge >= 0.3 is 0 Å². The molecule has 0 aliphatic carbocycles. The van der Waals surface area contributed by atoms with Gasteiger partial charge in [-0.15, -0.1) is 0 Å². The summed E-state index contributed by atoms with van der Waals surface area (Å²) < 4.78 is 0. The Balaban J connectivity index is 4.13. The quantitative estimate of drug-likeness (QED) is 0.183. The van der Waals surface area contributed by atoms with Crippen molar-refractivity contribution in [1.82, 2.24) is 0 Å². The van der Waals surface area contributed by atoms with Crippen molar-refractivity contribution in [3.8, 4) is 0 Å². The standard InChI is InChI=1S/C5H6O3/c1-4(8)5(2-6)3-7/h2-3,6H,1H3/b5-2+. The van der Waals surface area contributed by atoms with Gasteiger partial charge < -0.3 is 5.11 Å². The van der Waals surface area contributed by atoms with Crippen LogP contribution in [0.25, 0.3) is 0 Å². The highest BCUT2D eigenvalue weighted by Gasteiger charge is 1.98. The highest BCUT2D eigenvalue weighted by atomic mass is 16.2. The van der Waals surface area contributed by atoms with E-state index in [0.29, 0.717) is 12.5 Å². The first kappa shape index (κ1) is 6.88. The molecule has 0 radical (unpaired) electrons. The summed E-state index contributed by atoms with van der Waals surface area (Å²) in [6.45, 7) is 1.20. The predicted octanol–water partition coefficient (Wildman–Crippen LogP) is 0.216. The summed E-state index contributed by atoms with van der Waals surface area (Å²) in [5.41, 5.74) is -0.204. The lowest BCUT2D eigenvalue weighted by atomic mass is 10.2. The maximum Gasteiger partial charge on any atom is 0.166 e. The van der Waals surface area contributed by atoms with Gasteiger partial charge in [-0.05, 0) is 6.92 Å². The third kappa shape index (κ3) is 1.55. The molecule has 0 saturated heterocycles. The van der Waals surface area contributed by atoms with Crippen molar-refractivity contribution < 1.29 is 14.7 Å². The van der Waals surface area contributed by atoms with Crippen molar-refractivity contribution in [2.45, 2.75) is 6.92 Å². The maximum absolute atomic E-state index is 10.1. The molecule has 0 spiro atoms.